The number of allylic oxidation sites excluding steroid dienone is 8. The van der Waals surface area contributed by atoms with Crippen molar-refractivity contribution < 1.29 is 28.6 Å². The number of ether oxygens (including phenoxy) is 3. The summed E-state index contributed by atoms with van der Waals surface area (Å²) < 4.78 is 16.8. The molecule has 0 aromatic rings. The van der Waals surface area contributed by atoms with E-state index in [1.165, 1.54) is 180 Å². The van der Waals surface area contributed by atoms with Crippen LogP contribution in [0.4, 0.5) is 0 Å². The van der Waals surface area contributed by atoms with Crippen molar-refractivity contribution in [1.29, 1.82) is 0 Å². The molecule has 0 rings (SSSR count). The van der Waals surface area contributed by atoms with Gasteiger partial charge in [-0.15, -0.1) is 0 Å². The van der Waals surface area contributed by atoms with E-state index in [0.29, 0.717) is 19.3 Å². The molecule has 0 unspecified atom stereocenters. The van der Waals surface area contributed by atoms with Gasteiger partial charge in [-0.3, -0.25) is 14.4 Å². The molecular formula is C59H106O6. The molecule has 0 spiro atoms. The summed E-state index contributed by atoms with van der Waals surface area (Å²) in [4.78, 5) is 38.1. The van der Waals surface area contributed by atoms with Gasteiger partial charge in [0.25, 0.3) is 0 Å². The van der Waals surface area contributed by atoms with Crippen molar-refractivity contribution >= 4 is 17.9 Å². The Balaban J connectivity index is 4.43. The molecule has 0 aliphatic carbocycles. The fourth-order valence-electron chi connectivity index (χ4n) is 8.08. The van der Waals surface area contributed by atoms with Crippen LogP contribution in [0, 0.1) is 0 Å². The van der Waals surface area contributed by atoms with E-state index >= 15 is 0 Å². The van der Waals surface area contributed by atoms with E-state index in [1.807, 2.05) is 0 Å². The van der Waals surface area contributed by atoms with Gasteiger partial charge in [0.1, 0.15) is 13.2 Å². The van der Waals surface area contributed by atoms with E-state index < -0.39 is 6.10 Å². The highest BCUT2D eigenvalue weighted by atomic mass is 16.6. The Hall–Kier alpha value is -2.63. The highest BCUT2D eigenvalue weighted by Gasteiger charge is 2.19. The normalized spacial score (nSPS) is 12.4. The first-order valence-corrected chi connectivity index (χ1v) is 28.1. The first kappa shape index (κ1) is 62.4. The monoisotopic (exact) mass is 911 g/mol. The number of carbonyl (C=O) groups is 3. The Morgan fingerprint density at radius 1 is 0.308 bits per heavy atom. The van der Waals surface area contributed by atoms with Crippen molar-refractivity contribution in [3.8, 4) is 0 Å². The van der Waals surface area contributed by atoms with Gasteiger partial charge < -0.3 is 14.2 Å². The van der Waals surface area contributed by atoms with E-state index in [1.54, 1.807) is 0 Å². The third-order valence-electron chi connectivity index (χ3n) is 12.3. The summed E-state index contributed by atoms with van der Waals surface area (Å²) >= 11 is 0. The zero-order valence-electron chi connectivity index (χ0n) is 43.3. The maximum absolute atomic E-state index is 12.8. The fraction of sp³-hybridized carbons (Fsp3) is 0.814. The average Bonchev–Trinajstić information content (AvgIpc) is 3.30. The second-order valence-electron chi connectivity index (χ2n) is 18.9. The molecule has 378 valence electrons. The van der Waals surface area contributed by atoms with Crippen molar-refractivity contribution in [2.45, 2.75) is 297 Å². The van der Waals surface area contributed by atoms with Gasteiger partial charge in [0.05, 0.1) is 0 Å². The van der Waals surface area contributed by atoms with Crippen molar-refractivity contribution in [3.05, 3.63) is 48.6 Å². The molecule has 65 heavy (non-hydrogen) atoms. The first-order valence-electron chi connectivity index (χ1n) is 28.1. The van der Waals surface area contributed by atoms with Crippen molar-refractivity contribution in [3.63, 3.8) is 0 Å². The van der Waals surface area contributed by atoms with Crippen molar-refractivity contribution in [2.24, 2.45) is 0 Å². The van der Waals surface area contributed by atoms with E-state index in [9.17, 15) is 14.4 Å². The van der Waals surface area contributed by atoms with Crippen molar-refractivity contribution in [1.82, 2.24) is 0 Å². The van der Waals surface area contributed by atoms with Crippen LogP contribution in [0.1, 0.15) is 290 Å². The number of carbonyl (C=O) groups excluding carboxylic acids is 3. The van der Waals surface area contributed by atoms with Gasteiger partial charge in [-0.25, -0.2) is 0 Å². The SMILES string of the molecule is CCCCC/C=C\C/C=C\C/C=C\C/C=C\CCCC(=O)OC[C@@H](COC(=O)CCCCCCCCCCCCCCCC)OC(=O)CCCCCCCCCCCCCCCCCC. The van der Waals surface area contributed by atoms with Crippen LogP contribution in [-0.4, -0.2) is 37.2 Å². The van der Waals surface area contributed by atoms with Gasteiger partial charge in [0.2, 0.25) is 0 Å². The molecule has 0 heterocycles. The quantitative estimate of drug-likeness (QED) is 0.0262. The lowest BCUT2D eigenvalue weighted by Crippen LogP contribution is -2.30. The maximum Gasteiger partial charge on any atom is 0.306 e. The third kappa shape index (κ3) is 52.2. The molecule has 0 radical (unpaired) electrons. The summed E-state index contributed by atoms with van der Waals surface area (Å²) in [7, 11) is 0. The summed E-state index contributed by atoms with van der Waals surface area (Å²) in [6.07, 6.45) is 65.3. The second-order valence-corrected chi connectivity index (χ2v) is 18.9. The molecule has 0 fully saturated rings. The number of hydrogen-bond donors (Lipinski definition) is 0. The standard InChI is InChI=1S/C59H106O6/c1-4-7-10-13-16-19-22-25-28-30-32-34-37-40-43-46-49-52-58(61)64-55-56(54-63-57(60)51-48-45-42-39-36-33-27-24-21-18-15-12-9-6-3)65-59(62)53-50-47-44-41-38-35-31-29-26-23-20-17-14-11-8-5-2/h16,19,25,28,32,34,40,43,56H,4-15,17-18,20-24,26-27,29-31,33,35-39,41-42,44-55H2,1-3H3/b19-16-,28-25-,34-32-,43-40-/t56-/m1/s1. The molecule has 0 N–H and O–H groups in total. The van der Waals surface area contributed by atoms with E-state index in [4.69, 9.17) is 14.2 Å². The molecular weight excluding hydrogens is 805 g/mol. The van der Waals surface area contributed by atoms with Crippen LogP contribution in [0.3, 0.4) is 0 Å². The predicted octanol–water partition coefficient (Wildman–Crippen LogP) is 18.7. The van der Waals surface area contributed by atoms with Gasteiger partial charge in [0, 0.05) is 19.3 Å². The maximum atomic E-state index is 12.8. The van der Waals surface area contributed by atoms with Gasteiger partial charge in [-0.05, 0) is 57.8 Å². The summed E-state index contributed by atoms with van der Waals surface area (Å²) in [6, 6.07) is 0. The Labute approximate surface area is 403 Å². The molecule has 0 bridgehead atoms. The van der Waals surface area contributed by atoms with Gasteiger partial charge in [-0.2, -0.15) is 0 Å². The molecule has 6 heteroatoms. The van der Waals surface area contributed by atoms with Crippen LogP contribution < -0.4 is 0 Å². The summed E-state index contributed by atoms with van der Waals surface area (Å²) in [5, 5.41) is 0. The first-order chi connectivity index (χ1) is 32.0. The average molecular weight is 911 g/mol. The number of unbranched alkanes of at least 4 members (excludes halogenated alkanes) is 32. The Bertz CT molecular complexity index is 1140. The lowest BCUT2D eigenvalue weighted by atomic mass is 10.0. The zero-order valence-corrected chi connectivity index (χ0v) is 43.3. The molecule has 0 aliphatic rings. The van der Waals surface area contributed by atoms with Gasteiger partial charge in [-0.1, -0.05) is 262 Å². The molecule has 6 nitrogen and oxygen atoms in total. The summed E-state index contributed by atoms with van der Waals surface area (Å²) in [6.45, 7) is 6.60. The number of rotatable bonds is 51. The van der Waals surface area contributed by atoms with E-state index in [2.05, 4.69) is 69.4 Å². The molecule has 1 atom stereocenters. The molecule has 0 aromatic heterocycles. The minimum absolute atomic E-state index is 0.0857. The lowest BCUT2D eigenvalue weighted by Gasteiger charge is -2.18. The van der Waals surface area contributed by atoms with Crippen LogP contribution in [0.5, 0.6) is 0 Å². The lowest BCUT2D eigenvalue weighted by molar-refractivity contribution is -0.167. The highest BCUT2D eigenvalue weighted by molar-refractivity contribution is 5.71. The minimum atomic E-state index is -0.790. The number of hydrogen-bond acceptors (Lipinski definition) is 6. The van der Waals surface area contributed by atoms with Gasteiger partial charge in [0.15, 0.2) is 6.10 Å². The van der Waals surface area contributed by atoms with Crippen LogP contribution in [-0.2, 0) is 28.6 Å². The Morgan fingerprint density at radius 2 is 0.569 bits per heavy atom. The minimum Gasteiger partial charge on any atom is -0.462 e. The largest absolute Gasteiger partial charge is 0.462 e. The molecule has 0 saturated heterocycles. The summed E-state index contributed by atoms with van der Waals surface area (Å²) in [5.41, 5.74) is 0. The molecule has 0 saturated carbocycles. The second kappa shape index (κ2) is 54.0. The summed E-state index contributed by atoms with van der Waals surface area (Å²) in [5.74, 6) is -0.929. The number of esters is 3. The van der Waals surface area contributed by atoms with Gasteiger partial charge >= 0.3 is 17.9 Å². The highest BCUT2D eigenvalue weighted by Crippen LogP contribution is 2.16. The zero-order chi connectivity index (χ0) is 47.2. The molecule has 0 amide bonds. The predicted molar refractivity (Wildman–Crippen MR) is 279 cm³/mol. The van der Waals surface area contributed by atoms with Crippen LogP contribution in [0.25, 0.3) is 0 Å². The van der Waals surface area contributed by atoms with Crippen LogP contribution >= 0.6 is 0 Å². The topological polar surface area (TPSA) is 78.9 Å². The van der Waals surface area contributed by atoms with E-state index in [-0.39, 0.29) is 37.5 Å². The fourth-order valence-corrected chi connectivity index (χ4v) is 8.08. The third-order valence-corrected chi connectivity index (χ3v) is 12.3. The molecule has 0 aromatic carbocycles. The Kier molecular flexibility index (Phi) is 51.8. The smallest absolute Gasteiger partial charge is 0.306 e. The van der Waals surface area contributed by atoms with Crippen LogP contribution in [0.2, 0.25) is 0 Å². The Morgan fingerprint density at radius 3 is 0.923 bits per heavy atom. The van der Waals surface area contributed by atoms with Crippen molar-refractivity contribution in [2.75, 3.05) is 13.2 Å². The molecule has 0 aliphatic heterocycles. The van der Waals surface area contributed by atoms with Crippen LogP contribution in [0.15, 0.2) is 48.6 Å². The van der Waals surface area contributed by atoms with E-state index in [0.717, 1.165) is 64.2 Å².